The third-order valence-corrected chi connectivity index (χ3v) is 3.10. The topological polar surface area (TPSA) is 58.2 Å². The summed E-state index contributed by atoms with van der Waals surface area (Å²) in [5.41, 5.74) is 0. The molecule has 1 atom stereocenters. The molecule has 1 rings (SSSR count). The van der Waals surface area contributed by atoms with Gasteiger partial charge in [-0.1, -0.05) is 0 Å². The van der Waals surface area contributed by atoms with Crippen molar-refractivity contribution in [2.75, 3.05) is 25.1 Å². The predicted molar refractivity (Wildman–Crippen MR) is 57.6 cm³/mol. The molecule has 1 aliphatic rings. The third-order valence-electron chi connectivity index (χ3n) is 2.32. The smallest absolute Gasteiger partial charge is 0.221 e. The van der Waals surface area contributed by atoms with Gasteiger partial charge in [-0.2, -0.15) is 0 Å². The molecule has 0 bridgehead atoms. The summed E-state index contributed by atoms with van der Waals surface area (Å²) in [6.45, 7) is 1.95. The first-order valence-corrected chi connectivity index (χ1v) is 6.71. The van der Waals surface area contributed by atoms with E-state index in [4.69, 9.17) is 0 Å². The molecule has 82 valence electrons. The predicted octanol–water partition coefficient (Wildman–Crippen LogP) is -0.377. The minimum atomic E-state index is -0.866. The Bertz CT molecular complexity index is 215. The van der Waals surface area contributed by atoms with Crippen molar-refractivity contribution >= 4 is 16.7 Å². The summed E-state index contributed by atoms with van der Waals surface area (Å²) < 4.78 is 10.8. The van der Waals surface area contributed by atoms with Gasteiger partial charge in [-0.25, -0.2) is 0 Å². The average molecular weight is 218 g/mol. The maximum atomic E-state index is 11.3. The van der Waals surface area contributed by atoms with E-state index < -0.39 is 10.8 Å². The van der Waals surface area contributed by atoms with Crippen molar-refractivity contribution in [3.8, 4) is 0 Å². The van der Waals surface area contributed by atoms with Crippen LogP contribution in [0.15, 0.2) is 0 Å². The molecule has 0 spiro atoms. The Morgan fingerprint density at radius 1 is 1.50 bits per heavy atom. The summed E-state index contributed by atoms with van der Waals surface area (Å²) in [4.78, 5) is 11.3. The molecule has 0 radical (unpaired) electrons. The van der Waals surface area contributed by atoms with Crippen molar-refractivity contribution in [2.24, 2.45) is 0 Å². The van der Waals surface area contributed by atoms with Crippen LogP contribution in [0.4, 0.5) is 0 Å². The summed E-state index contributed by atoms with van der Waals surface area (Å²) in [5, 5.41) is 6.20. The lowest BCUT2D eigenvalue weighted by Crippen LogP contribution is -2.42. The van der Waals surface area contributed by atoms with Crippen molar-refractivity contribution in [2.45, 2.75) is 25.3 Å². The number of carbonyl (C=O) groups excluding carboxylic acids is 1. The highest BCUT2D eigenvalue weighted by atomic mass is 32.2. The zero-order chi connectivity index (χ0) is 10.4. The molecule has 1 heterocycles. The van der Waals surface area contributed by atoms with Crippen molar-refractivity contribution in [1.82, 2.24) is 10.6 Å². The molecule has 0 saturated carbocycles. The number of hydrogen-bond acceptors (Lipinski definition) is 3. The van der Waals surface area contributed by atoms with Gasteiger partial charge in [0.2, 0.25) is 5.91 Å². The molecule has 1 amide bonds. The molecule has 0 aliphatic carbocycles. The van der Waals surface area contributed by atoms with Gasteiger partial charge in [0.05, 0.1) is 0 Å². The minimum absolute atomic E-state index is 0.0344. The molecule has 0 aromatic carbocycles. The van der Waals surface area contributed by atoms with E-state index in [2.05, 4.69) is 10.6 Å². The van der Waals surface area contributed by atoms with Crippen LogP contribution in [0, 0.1) is 0 Å². The van der Waals surface area contributed by atoms with Gasteiger partial charge in [0.1, 0.15) is 0 Å². The lowest BCUT2D eigenvalue weighted by Gasteiger charge is -2.23. The SMILES string of the molecule is CS(=O)CCC(=O)NC1CCNCC1. The van der Waals surface area contributed by atoms with Crippen LogP contribution < -0.4 is 10.6 Å². The number of rotatable bonds is 4. The van der Waals surface area contributed by atoms with E-state index in [1.54, 1.807) is 6.26 Å². The second kappa shape index (κ2) is 6.14. The summed E-state index contributed by atoms with van der Waals surface area (Å²) in [7, 11) is -0.866. The van der Waals surface area contributed by atoms with Gasteiger partial charge in [0, 0.05) is 35.3 Å². The molecule has 0 aromatic rings. The zero-order valence-corrected chi connectivity index (χ0v) is 9.36. The van der Waals surface area contributed by atoms with E-state index in [-0.39, 0.29) is 5.91 Å². The maximum absolute atomic E-state index is 11.3. The van der Waals surface area contributed by atoms with Crippen molar-refractivity contribution < 1.29 is 9.00 Å². The van der Waals surface area contributed by atoms with Gasteiger partial charge in [-0.3, -0.25) is 9.00 Å². The van der Waals surface area contributed by atoms with Crippen LogP contribution in [0.25, 0.3) is 0 Å². The number of amides is 1. The van der Waals surface area contributed by atoms with Gasteiger partial charge in [0.15, 0.2) is 0 Å². The third kappa shape index (κ3) is 4.72. The fourth-order valence-electron chi connectivity index (χ4n) is 1.50. The maximum Gasteiger partial charge on any atom is 0.221 e. The highest BCUT2D eigenvalue weighted by molar-refractivity contribution is 7.84. The van der Waals surface area contributed by atoms with Crippen LogP contribution in [0.3, 0.4) is 0 Å². The van der Waals surface area contributed by atoms with Crippen molar-refractivity contribution in [1.29, 1.82) is 0 Å². The molecule has 1 unspecified atom stereocenters. The Kier molecular flexibility index (Phi) is 5.11. The molecule has 5 heteroatoms. The summed E-state index contributed by atoms with van der Waals surface area (Å²) >= 11 is 0. The molecular weight excluding hydrogens is 200 g/mol. The van der Waals surface area contributed by atoms with E-state index in [9.17, 15) is 9.00 Å². The molecule has 1 fully saturated rings. The van der Waals surface area contributed by atoms with Crippen molar-refractivity contribution in [3.63, 3.8) is 0 Å². The van der Waals surface area contributed by atoms with Crippen LogP contribution in [0.2, 0.25) is 0 Å². The van der Waals surface area contributed by atoms with Gasteiger partial charge in [-0.05, 0) is 25.9 Å². The molecule has 2 N–H and O–H groups in total. The lowest BCUT2D eigenvalue weighted by atomic mass is 10.1. The van der Waals surface area contributed by atoms with Crippen LogP contribution in [0.1, 0.15) is 19.3 Å². The first kappa shape index (κ1) is 11.7. The fraction of sp³-hybridized carbons (Fsp3) is 0.889. The van der Waals surface area contributed by atoms with E-state index in [0.29, 0.717) is 18.2 Å². The second-order valence-electron chi connectivity index (χ2n) is 3.62. The molecule has 1 saturated heterocycles. The average Bonchev–Trinajstić information content (AvgIpc) is 2.16. The largest absolute Gasteiger partial charge is 0.353 e. The summed E-state index contributed by atoms with van der Waals surface area (Å²) in [6.07, 6.45) is 4.01. The molecular formula is C9H18N2O2S. The van der Waals surface area contributed by atoms with Gasteiger partial charge >= 0.3 is 0 Å². The zero-order valence-electron chi connectivity index (χ0n) is 8.54. The van der Waals surface area contributed by atoms with E-state index in [1.165, 1.54) is 0 Å². The Morgan fingerprint density at radius 2 is 2.14 bits per heavy atom. The van der Waals surface area contributed by atoms with Crippen LogP contribution >= 0.6 is 0 Å². The first-order valence-electron chi connectivity index (χ1n) is 4.98. The van der Waals surface area contributed by atoms with E-state index >= 15 is 0 Å². The van der Waals surface area contributed by atoms with Gasteiger partial charge in [0.25, 0.3) is 0 Å². The minimum Gasteiger partial charge on any atom is -0.353 e. The van der Waals surface area contributed by atoms with Gasteiger partial charge < -0.3 is 10.6 Å². The Morgan fingerprint density at radius 3 is 2.71 bits per heavy atom. The standard InChI is InChI=1S/C9H18N2O2S/c1-14(13)7-4-9(12)11-8-2-5-10-6-3-8/h8,10H,2-7H2,1H3,(H,11,12). The number of carbonyl (C=O) groups is 1. The lowest BCUT2D eigenvalue weighted by molar-refractivity contribution is -0.121. The Labute approximate surface area is 87.3 Å². The normalized spacial score (nSPS) is 20.4. The van der Waals surface area contributed by atoms with E-state index in [1.807, 2.05) is 0 Å². The number of hydrogen-bond donors (Lipinski definition) is 2. The molecule has 1 aliphatic heterocycles. The van der Waals surface area contributed by atoms with Crippen LogP contribution in [0.5, 0.6) is 0 Å². The second-order valence-corrected chi connectivity index (χ2v) is 5.17. The summed E-state index contributed by atoms with van der Waals surface area (Å²) in [5.74, 6) is 0.503. The number of piperidine rings is 1. The Hall–Kier alpha value is -0.420. The molecule has 0 aromatic heterocycles. The highest BCUT2D eigenvalue weighted by Crippen LogP contribution is 2.02. The van der Waals surface area contributed by atoms with Gasteiger partial charge in [-0.15, -0.1) is 0 Å². The van der Waals surface area contributed by atoms with Crippen LogP contribution in [-0.4, -0.2) is 41.3 Å². The van der Waals surface area contributed by atoms with Crippen molar-refractivity contribution in [3.05, 3.63) is 0 Å². The quantitative estimate of drug-likeness (QED) is 0.676. The first-order chi connectivity index (χ1) is 6.68. The monoisotopic (exact) mass is 218 g/mol. The molecule has 14 heavy (non-hydrogen) atoms. The Balaban J connectivity index is 2.15. The number of nitrogens with one attached hydrogen (secondary N) is 2. The molecule has 4 nitrogen and oxygen atoms in total. The van der Waals surface area contributed by atoms with Crippen LogP contribution in [-0.2, 0) is 15.6 Å². The highest BCUT2D eigenvalue weighted by Gasteiger charge is 2.14. The van der Waals surface area contributed by atoms with E-state index in [0.717, 1.165) is 25.9 Å². The summed E-state index contributed by atoms with van der Waals surface area (Å²) in [6, 6.07) is 0.314. The fourth-order valence-corrected chi connectivity index (χ4v) is 1.98.